The van der Waals surface area contributed by atoms with E-state index in [0.29, 0.717) is 0 Å². The molecule has 1 amide bonds. The van der Waals surface area contributed by atoms with Gasteiger partial charge in [0.25, 0.3) is 5.91 Å². The Bertz CT molecular complexity index is 999. The fraction of sp³-hybridized carbons (Fsp3) is 0.250. The zero-order valence-electron chi connectivity index (χ0n) is 16.3. The van der Waals surface area contributed by atoms with Gasteiger partial charge in [-0.05, 0) is 72.4 Å². The summed E-state index contributed by atoms with van der Waals surface area (Å²) in [5.41, 5.74) is 5.11. The molecule has 2 heterocycles. The SMILES string of the molecule is COc1cccc([C@@H]2CCCN2C(=O)c2cccc(-c3ccncc3C)c2)c1. The summed E-state index contributed by atoms with van der Waals surface area (Å²) in [6.45, 7) is 2.81. The van der Waals surface area contributed by atoms with Crippen LogP contribution in [0.1, 0.15) is 40.4 Å². The average molecular weight is 372 g/mol. The monoisotopic (exact) mass is 372 g/mol. The molecule has 0 saturated carbocycles. The second-order valence-corrected chi connectivity index (χ2v) is 7.20. The largest absolute Gasteiger partial charge is 0.497 e. The molecule has 1 fully saturated rings. The maximum absolute atomic E-state index is 13.3. The van der Waals surface area contributed by atoms with Crippen LogP contribution in [0.2, 0.25) is 0 Å². The molecule has 3 aromatic rings. The van der Waals surface area contributed by atoms with Crippen molar-refractivity contribution in [3.05, 3.63) is 83.7 Å². The molecule has 142 valence electrons. The zero-order valence-corrected chi connectivity index (χ0v) is 16.3. The summed E-state index contributed by atoms with van der Waals surface area (Å²) in [7, 11) is 1.67. The van der Waals surface area contributed by atoms with Crippen molar-refractivity contribution < 1.29 is 9.53 Å². The lowest BCUT2D eigenvalue weighted by Crippen LogP contribution is -2.30. The number of amides is 1. The molecule has 0 bridgehead atoms. The van der Waals surface area contributed by atoms with Crippen LogP contribution in [0.5, 0.6) is 5.75 Å². The minimum atomic E-state index is 0.0823. The smallest absolute Gasteiger partial charge is 0.254 e. The van der Waals surface area contributed by atoms with E-state index in [-0.39, 0.29) is 11.9 Å². The highest BCUT2D eigenvalue weighted by Crippen LogP contribution is 2.35. The highest BCUT2D eigenvalue weighted by molar-refractivity contribution is 5.96. The van der Waals surface area contributed by atoms with Crippen LogP contribution < -0.4 is 4.74 Å². The maximum Gasteiger partial charge on any atom is 0.254 e. The second kappa shape index (κ2) is 7.85. The maximum atomic E-state index is 13.3. The van der Waals surface area contributed by atoms with Gasteiger partial charge < -0.3 is 9.64 Å². The first-order chi connectivity index (χ1) is 13.7. The molecule has 2 aromatic carbocycles. The predicted octanol–water partition coefficient (Wildman–Crippen LogP) is 5.04. The van der Waals surface area contributed by atoms with Gasteiger partial charge in [-0.1, -0.05) is 24.3 Å². The van der Waals surface area contributed by atoms with E-state index in [2.05, 4.69) is 11.1 Å². The van der Waals surface area contributed by atoms with E-state index in [1.807, 2.05) is 66.6 Å². The summed E-state index contributed by atoms with van der Waals surface area (Å²) >= 11 is 0. The van der Waals surface area contributed by atoms with Crippen LogP contribution in [0.15, 0.2) is 67.0 Å². The van der Waals surface area contributed by atoms with Crippen molar-refractivity contribution in [2.24, 2.45) is 0 Å². The lowest BCUT2D eigenvalue weighted by Gasteiger charge is -2.25. The van der Waals surface area contributed by atoms with Crippen molar-refractivity contribution in [3.8, 4) is 16.9 Å². The Hall–Kier alpha value is -3.14. The highest BCUT2D eigenvalue weighted by Gasteiger charge is 2.30. The normalized spacial score (nSPS) is 16.2. The van der Waals surface area contributed by atoms with Gasteiger partial charge in [0, 0.05) is 24.5 Å². The van der Waals surface area contributed by atoms with Gasteiger partial charge in [-0.3, -0.25) is 9.78 Å². The van der Waals surface area contributed by atoms with Crippen molar-refractivity contribution in [2.75, 3.05) is 13.7 Å². The van der Waals surface area contributed by atoms with Gasteiger partial charge in [0.1, 0.15) is 5.75 Å². The lowest BCUT2D eigenvalue weighted by molar-refractivity contribution is 0.0735. The third-order valence-electron chi connectivity index (χ3n) is 5.43. The topological polar surface area (TPSA) is 42.4 Å². The van der Waals surface area contributed by atoms with Crippen LogP contribution in [0.25, 0.3) is 11.1 Å². The minimum Gasteiger partial charge on any atom is -0.497 e. The van der Waals surface area contributed by atoms with Crippen LogP contribution in [-0.4, -0.2) is 29.4 Å². The van der Waals surface area contributed by atoms with Gasteiger partial charge in [-0.2, -0.15) is 0 Å². The minimum absolute atomic E-state index is 0.0823. The molecule has 1 aliphatic rings. The van der Waals surface area contributed by atoms with E-state index in [0.717, 1.165) is 53.0 Å². The summed E-state index contributed by atoms with van der Waals surface area (Å²) in [5, 5.41) is 0. The van der Waals surface area contributed by atoms with Crippen LogP contribution >= 0.6 is 0 Å². The van der Waals surface area contributed by atoms with Crippen molar-refractivity contribution in [1.29, 1.82) is 0 Å². The summed E-state index contributed by atoms with van der Waals surface area (Å²) < 4.78 is 5.36. The van der Waals surface area contributed by atoms with Crippen LogP contribution in [0.3, 0.4) is 0 Å². The molecule has 0 spiro atoms. The van der Waals surface area contributed by atoms with E-state index in [1.165, 1.54) is 0 Å². The molecule has 1 saturated heterocycles. The fourth-order valence-electron chi connectivity index (χ4n) is 3.99. The number of rotatable bonds is 4. The van der Waals surface area contributed by atoms with Gasteiger partial charge in [0.05, 0.1) is 13.2 Å². The van der Waals surface area contributed by atoms with E-state index < -0.39 is 0 Å². The number of nitrogens with zero attached hydrogens (tertiary/aromatic N) is 2. The van der Waals surface area contributed by atoms with Crippen molar-refractivity contribution in [1.82, 2.24) is 9.88 Å². The molecule has 1 atom stereocenters. The van der Waals surface area contributed by atoms with Crippen LogP contribution in [0.4, 0.5) is 0 Å². The van der Waals surface area contributed by atoms with E-state index in [1.54, 1.807) is 13.3 Å². The number of carbonyl (C=O) groups is 1. The third kappa shape index (κ3) is 3.50. The summed E-state index contributed by atoms with van der Waals surface area (Å²) in [4.78, 5) is 19.5. The Morgan fingerprint density at radius 1 is 1.14 bits per heavy atom. The molecule has 4 nitrogen and oxygen atoms in total. The van der Waals surface area contributed by atoms with Crippen molar-refractivity contribution in [3.63, 3.8) is 0 Å². The summed E-state index contributed by atoms with van der Waals surface area (Å²) in [6, 6.07) is 18.0. The number of hydrogen-bond acceptors (Lipinski definition) is 3. The standard InChI is InChI=1S/C24H24N2O2/c1-17-16-25-12-11-22(17)18-6-3-8-20(14-18)24(27)26-13-5-10-23(26)19-7-4-9-21(15-19)28-2/h3-4,6-9,11-12,14-16,23H,5,10,13H2,1-2H3/t23-/m0/s1. The van der Waals surface area contributed by atoms with Gasteiger partial charge >= 0.3 is 0 Å². The van der Waals surface area contributed by atoms with Gasteiger partial charge in [-0.15, -0.1) is 0 Å². The van der Waals surface area contributed by atoms with Gasteiger partial charge in [0.15, 0.2) is 0 Å². The number of methoxy groups -OCH3 is 1. The van der Waals surface area contributed by atoms with Crippen LogP contribution in [-0.2, 0) is 0 Å². The number of ether oxygens (including phenoxy) is 1. The Balaban J connectivity index is 1.63. The molecule has 0 aliphatic carbocycles. The molecule has 0 unspecified atom stereocenters. The number of aromatic nitrogens is 1. The molecule has 4 rings (SSSR count). The molecule has 28 heavy (non-hydrogen) atoms. The number of pyridine rings is 1. The predicted molar refractivity (Wildman–Crippen MR) is 110 cm³/mol. The Morgan fingerprint density at radius 2 is 2.00 bits per heavy atom. The molecular formula is C24H24N2O2. The van der Waals surface area contributed by atoms with E-state index in [4.69, 9.17) is 4.74 Å². The Kier molecular flexibility index (Phi) is 5.11. The Labute approximate surface area is 165 Å². The quantitative estimate of drug-likeness (QED) is 0.644. The lowest BCUT2D eigenvalue weighted by atomic mass is 9.99. The first-order valence-corrected chi connectivity index (χ1v) is 9.63. The molecule has 1 aromatic heterocycles. The molecule has 0 N–H and O–H groups in total. The number of carbonyl (C=O) groups excluding carboxylic acids is 1. The van der Waals surface area contributed by atoms with Gasteiger partial charge in [0.2, 0.25) is 0 Å². The van der Waals surface area contributed by atoms with Crippen LogP contribution in [0, 0.1) is 6.92 Å². The van der Waals surface area contributed by atoms with Crippen molar-refractivity contribution in [2.45, 2.75) is 25.8 Å². The third-order valence-corrected chi connectivity index (χ3v) is 5.43. The first kappa shape index (κ1) is 18.2. The van der Waals surface area contributed by atoms with E-state index in [9.17, 15) is 4.79 Å². The number of aryl methyl sites for hydroxylation is 1. The molecule has 0 radical (unpaired) electrons. The first-order valence-electron chi connectivity index (χ1n) is 9.63. The second-order valence-electron chi connectivity index (χ2n) is 7.20. The number of likely N-dealkylation sites (tertiary alicyclic amines) is 1. The molecular weight excluding hydrogens is 348 g/mol. The Morgan fingerprint density at radius 3 is 2.82 bits per heavy atom. The summed E-state index contributed by atoms with van der Waals surface area (Å²) in [6.07, 6.45) is 5.62. The average Bonchev–Trinajstić information content (AvgIpc) is 3.23. The summed E-state index contributed by atoms with van der Waals surface area (Å²) in [5.74, 6) is 0.908. The zero-order chi connectivity index (χ0) is 19.5. The highest BCUT2D eigenvalue weighted by atomic mass is 16.5. The van der Waals surface area contributed by atoms with E-state index >= 15 is 0 Å². The molecule has 4 heteroatoms. The van der Waals surface area contributed by atoms with Crippen molar-refractivity contribution >= 4 is 5.91 Å². The fourth-order valence-corrected chi connectivity index (χ4v) is 3.99. The molecule has 1 aliphatic heterocycles. The van der Waals surface area contributed by atoms with Gasteiger partial charge in [-0.25, -0.2) is 0 Å². The number of benzene rings is 2. The number of hydrogen-bond donors (Lipinski definition) is 0.